The minimum atomic E-state index is 0.828. The van der Waals surface area contributed by atoms with E-state index in [1.54, 1.807) is 0 Å². The van der Waals surface area contributed by atoms with Crippen LogP contribution in [0.5, 0.6) is 0 Å². The number of hydrogen-bond donors (Lipinski definition) is 1. The van der Waals surface area contributed by atoms with E-state index in [0.29, 0.717) is 0 Å². The summed E-state index contributed by atoms with van der Waals surface area (Å²) in [5.41, 5.74) is 3.54. The Balaban J connectivity index is 3.21. The molecule has 0 saturated heterocycles. The van der Waals surface area contributed by atoms with Crippen molar-refractivity contribution in [3.8, 4) is 0 Å². The zero-order valence-electron chi connectivity index (χ0n) is 7.89. The van der Waals surface area contributed by atoms with Gasteiger partial charge in [-0.15, -0.1) is 0 Å². The summed E-state index contributed by atoms with van der Waals surface area (Å²) in [4.78, 5) is 0. The average Bonchev–Trinajstić information content (AvgIpc) is 2.08. The van der Waals surface area contributed by atoms with Gasteiger partial charge in [0.15, 0.2) is 5.69 Å². The summed E-state index contributed by atoms with van der Waals surface area (Å²) in [7, 11) is 6.43. The van der Waals surface area contributed by atoms with Crippen LogP contribution in [0.15, 0.2) is 0 Å². The molecule has 0 amide bonds. The fourth-order valence-electron chi connectivity index (χ4n) is 1.53. The molecule has 3 nitrogen and oxygen atoms in total. The fourth-order valence-corrected chi connectivity index (χ4v) is 1.53. The van der Waals surface area contributed by atoms with Crippen molar-refractivity contribution in [1.82, 2.24) is 14.7 Å². The molecule has 0 unspecified atom stereocenters. The van der Waals surface area contributed by atoms with Crippen LogP contribution in [0.3, 0.4) is 0 Å². The number of nitrogens with zero attached hydrogens (tertiary/aromatic N) is 2. The Labute approximate surface area is 67.6 Å². The standard InChI is InChI=1S/C8H16N3/c1-6-8(11(3,4)5)7(2)10-9-6/h1-5H3,(H,9,10)/q+1. The summed E-state index contributed by atoms with van der Waals surface area (Å²) in [6.45, 7) is 4.08. The van der Waals surface area contributed by atoms with Crippen molar-refractivity contribution in [3.63, 3.8) is 0 Å². The summed E-state index contributed by atoms with van der Waals surface area (Å²) < 4.78 is 0.828. The van der Waals surface area contributed by atoms with Crippen molar-refractivity contribution in [1.29, 1.82) is 0 Å². The largest absolute Gasteiger partial charge is 0.295 e. The Morgan fingerprint density at radius 3 is 1.91 bits per heavy atom. The number of aromatic amines is 1. The highest BCUT2D eigenvalue weighted by molar-refractivity contribution is 5.49. The van der Waals surface area contributed by atoms with Crippen LogP contribution in [0.2, 0.25) is 0 Å². The van der Waals surface area contributed by atoms with Gasteiger partial charge in [-0.05, 0) is 13.8 Å². The van der Waals surface area contributed by atoms with Gasteiger partial charge in [-0.2, -0.15) is 5.10 Å². The Hall–Kier alpha value is -0.830. The van der Waals surface area contributed by atoms with Gasteiger partial charge in [-0.3, -0.25) is 9.58 Å². The van der Waals surface area contributed by atoms with Crippen LogP contribution in [0.25, 0.3) is 0 Å². The molecule has 1 aromatic heterocycles. The summed E-state index contributed by atoms with van der Waals surface area (Å²) in [5, 5.41) is 7.12. The van der Waals surface area contributed by atoms with Gasteiger partial charge in [-0.1, -0.05) is 0 Å². The second-order valence-electron chi connectivity index (χ2n) is 3.80. The van der Waals surface area contributed by atoms with Crippen LogP contribution < -0.4 is 4.48 Å². The van der Waals surface area contributed by atoms with E-state index in [2.05, 4.69) is 38.3 Å². The molecule has 3 heteroatoms. The zero-order chi connectivity index (χ0) is 8.65. The van der Waals surface area contributed by atoms with E-state index in [1.807, 2.05) is 6.92 Å². The first-order valence-electron chi connectivity index (χ1n) is 3.76. The maximum absolute atomic E-state index is 4.14. The van der Waals surface area contributed by atoms with E-state index in [0.717, 1.165) is 15.9 Å². The zero-order valence-corrected chi connectivity index (χ0v) is 7.89. The van der Waals surface area contributed by atoms with E-state index in [4.69, 9.17) is 0 Å². The van der Waals surface area contributed by atoms with E-state index >= 15 is 0 Å². The van der Waals surface area contributed by atoms with Gasteiger partial charge in [0.2, 0.25) is 0 Å². The molecule has 0 aliphatic heterocycles. The number of aromatic nitrogens is 2. The van der Waals surface area contributed by atoms with Gasteiger partial charge < -0.3 is 0 Å². The molecule has 0 aliphatic carbocycles. The van der Waals surface area contributed by atoms with Crippen LogP contribution in [-0.2, 0) is 0 Å². The Kier molecular flexibility index (Phi) is 1.76. The molecule has 1 rings (SSSR count). The lowest BCUT2D eigenvalue weighted by Crippen LogP contribution is -2.35. The van der Waals surface area contributed by atoms with Crippen molar-refractivity contribution < 1.29 is 0 Å². The third-order valence-corrected chi connectivity index (χ3v) is 1.76. The third-order valence-electron chi connectivity index (χ3n) is 1.76. The monoisotopic (exact) mass is 154 g/mol. The Morgan fingerprint density at radius 2 is 1.73 bits per heavy atom. The lowest BCUT2D eigenvalue weighted by atomic mass is 10.3. The smallest absolute Gasteiger partial charge is 0.176 e. The maximum Gasteiger partial charge on any atom is 0.176 e. The number of H-pyrrole nitrogens is 1. The summed E-state index contributed by atoms with van der Waals surface area (Å²) in [6, 6.07) is 0. The number of nitrogens with one attached hydrogen (secondary N) is 1. The van der Waals surface area contributed by atoms with Gasteiger partial charge >= 0.3 is 0 Å². The molecule has 0 fully saturated rings. The third kappa shape index (κ3) is 1.43. The van der Waals surface area contributed by atoms with Crippen LogP contribution in [0.1, 0.15) is 11.4 Å². The number of aryl methyl sites for hydroxylation is 2. The number of quaternary nitrogens is 1. The first kappa shape index (κ1) is 8.27. The quantitative estimate of drug-likeness (QED) is 0.605. The first-order chi connectivity index (χ1) is 4.93. The molecule has 0 saturated carbocycles. The molecule has 1 N–H and O–H groups in total. The normalized spacial score (nSPS) is 12.1. The fraction of sp³-hybridized carbons (Fsp3) is 0.625. The predicted octanol–water partition coefficient (Wildman–Crippen LogP) is 1.22. The lowest BCUT2D eigenvalue weighted by Gasteiger charge is -2.23. The summed E-state index contributed by atoms with van der Waals surface area (Å²) in [6.07, 6.45) is 0. The molecular weight excluding hydrogens is 138 g/mol. The number of hydrogen-bond acceptors (Lipinski definition) is 1. The van der Waals surface area contributed by atoms with Crippen LogP contribution in [0, 0.1) is 13.8 Å². The van der Waals surface area contributed by atoms with Crippen molar-refractivity contribution in [2.75, 3.05) is 21.1 Å². The second-order valence-corrected chi connectivity index (χ2v) is 3.80. The van der Waals surface area contributed by atoms with Gasteiger partial charge in [-0.25, -0.2) is 0 Å². The van der Waals surface area contributed by atoms with Crippen LogP contribution >= 0.6 is 0 Å². The molecule has 0 aromatic carbocycles. The van der Waals surface area contributed by atoms with Crippen LogP contribution in [0.4, 0.5) is 5.69 Å². The molecule has 0 bridgehead atoms. The minimum Gasteiger partial charge on any atom is -0.295 e. The van der Waals surface area contributed by atoms with Crippen molar-refractivity contribution in [2.45, 2.75) is 13.8 Å². The highest BCUT2D eigenvalue weighted by atomic mass is 15.3. The molecular formula is C8H16N3+. The SMILES string of the molecule is Cc1n[nH]c(C)c1[N+](C)(C)C. The highest BCUT2D eigenvalue weighted by Crippen LogP contribution is 2.23. The van der Waals surface area contributed by atoms with Gasteiger partial charge in [0, 0.05) is 0 Å². The predicted molar refractivity (Wildman–Crippen MR) is 47.6 cm³/mol. The maximum atomic E-state index is 4.14. The molecule has 1 heterocycles. The lowest BCUT2D eigenvalue weighted by molar-refractivity contribution is 0.482. The summed E-state index contributed by atoms with van der Waals surface area (Å²) in [5.74, 6) is 0. The highest BCUT2D eigenvalue weighted by Gasteiger charge is 2.20. The van der Waals surface area contributed by atoms with Gasteiger partial charge in [0.1, 0.15) is 5.69 Å². The minimum absolute atomic E-state index is 0.828. The number of rotatable bonds is 1. The topological polar surface area (TPSA) is 28.7 Å². The van der Waals surface area contributed by atoms with Crippen molar-refractivity contribution in [3.05, 3.63) is 11.4 Å². The second kappa shape index (κ2) is 2.34. The van der Waals surface area contributed by atoms with Gasteiger partial charge in [0.25, 0.3) is 0 Å². The molecule has 0 spiro atoms. The Bertz CT molecular complexity index is 235. The van der Waals surface area contributed by atoms with Crippen LogP contribution in [-0.4, -0.2) is 31.3 Å². The van der Waals surface area contributed by atoms with E-state index in [9.17, 15) is 0 Å². The van der Waals surface area contributed by atoms with E-state index in [-0.39, 0.29) is 0 Å². The molecule has 0 aliphatic rings. The molecule has 1 aromatic rings. The molecule has 62 valence electrons. The van der Waals surface area contributed by atoms with E-state index in [1.165, 1.54) is 5.69 Å². The summed E-state index contributed by atoms with van der Waals surface area (Å²) >= 11 is 0. The van der Waals surface area contributed by atoms with Crippen molar-refractivity contribution >= 4 is 5.69 Å². The van der Waals surface area contributed by atoms with Gasteiger partial charge in [0.05, 0.1) is 26.8 Å². The molecule has 11 heavy (non-hydrogen) atoms. The first-order valence-corrected chi connectivity index (χ1v) is 3.76. The van der Waals surface area contributed by atoms with Crippen molar-refractivity contribution in [2.24, 2.45) is 0 Å². The Morgan fingerprint density at radius 1 is 1.18 bits per heavy atom. The van der Waals surface area contributed by atoms with E-state index < -0.39 is 0 Å². The molecule has 0 atom stereocenters. The molecule has 0 radical (unpaired) electrons. The average molecular weight is 154 g/mol.